The molecule has 0 heteroatoms. The highest BCUT2D eigenvalue weighted by Crippen LogP contribution is 2.33. The van der Waals surface area contributed by atoms with Crippen molar-refractivity contribution < 1.29 is 0 Å². The van der Waals surface area contributed by atoms with Crippen LogP contribution in [-0.4, -0.2) is 0 Å². The van der Waals surface area contributed by atoms with E-state index in [0.717, 1.165) is 0 Å². The Hall–Kier alpha value is -1.56. The van der Waals surface area contributed by atoms with Crippen LogP contribution >= 0.6 is 0 Å². The summed E-state index contributed by atoms with van der Waals surface area (Å²) in [5.74, 6) is 1.11. The molecule has 2 rings (SSSR count). The molecule has 17 heavy (non-hydrogen) atoms. The first-order valence-electron chi connectivity index (χ1n) is 6.30. The van der Waals surface area contributed by atoms with E-state index in [2.05, 4.69) is 75.4 Å². The predicted molar refractivity (Wildman–Crippen MR) is 74.3 cm³/mol. The van der Waals surface area contributed by atoms with Gasteiger partial charge < -0.3 is 0 Å². The van der Waals surface area contributed by atoms with Crippen LogP contribution in [0.1, 0.15) is 36.5 Å². The van der Waals surface area contributed by atoms with Crippen LogP contribution < -0.4 is 0 Å². The van der Waals surface area contributed by atoms with E-state index in [1.165, 1.54) is 16.7 Å². The second-order valence-corrected chi connectivity index (χ2v) is 4.99. The van der Waals surface area contributed by atoms with Crippen molar-refractivity contribution in [2.24, 2.45) is 5.92 Å². The van der Waals surface area contributed by atoms with Crippen molar-refractivity contribution in [3.05, 3.63) is 71.3 Å². The molecule has 0 saturated carbocycles. The number of hydrogen-bond acceptors (Lipinski definition) is 0. The molecule has 0 aromatic heterocycles. The Morgan fingerprint density at radius 2 is 1.35 bits per heavy atom. The molecule has 1 unspecified atom stereocenters. The van der Waals surface area contributed by atoms with Crippen molar-refractivity contribution in [3.63, 3.8) is 0 Å². The first kappa shape index (κ1) is 11.9. The van der Waals surface area contributed by atoms with E-state index in [-0.39, 0.29) is 0 Å². The van der Waals surface area contributed by atoms with Gasteiger partial charge in [-0.25, -0.2) is 0 Å². The lowest BCUT2D eigenvalue weighted by Gasteiger charge is -2.23. The molecule has 0 radical (unpaired) electrons. The SMILES string of the molecule is Cc1ccccc1C(c1ccccc1)C(C)C. The Labute approximate surface area is 104 Å². The average Bonchev–Trinajstić information content (AvgIpc) is 2.33. The summed E-state index contributed by atoms with van der Waals surface area (Å²) in [4.78, 5) is 0. The van der Waals surface area contributed by atoms with E-state index in [0.29, 0.717) is 11.8 Å². The van der Waals surface area contributed by atoms with Crippen LogP contribution in [-0.2, 0) is 0 Å². The monoisotopic (exact) mass is 224 g/mol. The first-order valence-corrected chi connectivity index (χ1v) is 6.30. The number of rotatable bonds is 3. The quantitative estimate of drug-likeness (QED) is 0.703. The summed E-state index contributed by atoms with van der Waals surface area (Å²) in [5.41, 5.74) is 4.25. The van der Waals surface area contributed by atoms with Crippen LogP contribution in [0.25, 0.3) is 0 Å². The van der Waals surface area contributed by atoms with Gasteiger partial charge in [0.2, 0.25) is 0 Å². The molecule has 0 saturated heterocycles. The highest BCUT2D eigenvalue weighted by Gasteiger charge is 2.18. The number of aryl methyl sites for hydroxylation is 1. The van der Waals surface area contributed by atoms with Crippen LogP contribution in [0, 0.1) is 12.8 Å². The molecule has 88 valence electrons. The van der Waals surface area contributed by atoms with Gasteiger partial charge in [-0.15, -0.1) is 0 Å². The van der Waals surface area contributed by atoms with E-state index < -0.39 is 0 Å². The largest absolute Gasteiger partial charge is 0.0622 e. The smallest absolute Gasteiger partial charge is 0.0115 e. The van der Waals surface area contributed by atoms with E-state index in [1.807, 2.05) is 0 Å². The molecule has 1 atom stereocenters. The summed E-state index contributed by atoms with van der Waals surface area (Å²) in [7, 11) is 0. The molecule has 0 fully saturated rings. The third kappa shape index (κ3) is 2.58. The van der Waals surface area contributed by atoms with Gasteiger partial charge in [0.15, 0.2) is 0 Å². The minimum atomic E-state index is 0.498. The van der Waals surface area contributed by atoms with Crippen LogP contribution in [0.5, 0.6) is 0 Å². The molecular weight excluding hydrogens is 204 g/mol. The Kier molecular flexibility index (Phi) is 3.63. The summed E-state index contributed by atoms with van der Waals surface area (Å²) in [6.07, 6.45) is 0. The number of benzene rings is 2. The fourth-order valence-corrected chi connectivity index (χ4v) is 2.52. The van der Waals surface area contributed by atoms with Crippen molar-refractivity contribution in [1.29, 1.82) is 0 Å². The lowest BCUT2D eigenvalue weighted by Crippen LogP contribution is -2.09. The molecule has 0 aliphatic heterocycles. The Balaban J connectivity index is 2.47. The zero-order valence-electron chi connectivity index (χ0n) is 10.9. The normalized spacial score (nSPS) is 12.7. The zero-order valence-corrected chi connectivity index (χ0v) is 10.9. The molecule has 0 heterocycles. The van der Waals surface area contributed by atoms with Gasteiger partial charge in [-0.2, -0.15) is 0 Å². The Bertz CT molecular complexity index is 468. The lowest BCUT2D eigenvalue weighted by atomic mass is 9.81. The minimum Gasteiger partial charge on any atom is -0.0622 e. The molecule has 2 aromatic rings. The molecular formula is C17H20. The molecule has 0 aliphatic rings. The lowest BCUT2D eigenvalue weighted by molar-refractivity contribution is 0.561. The third-order valence-electron chi connectivity index (χ3n) is 3.35. The van der Waals surface area contributed by atoms with Crippen molar-refractivity contribution in [1.82, 2.24) is 0 Å². The molecule has 0 aliphatic carbocycles. The maximum atomic E-state index is 2.30. The molecule has 0 amide bonds. The standard InChI is InChI=1S/C17H20/c1-13(2)17(15-10-5-4-6-11-15)16-12-8-7-9-14(16)3/h4-13,17H,1-3H3. The molecule has 2 aromatic carbocycles. The summed E-state index contributed by atoms with van der Waals surface area (Å²) >= 11 is 0. The van der Waals surface area contributed by atoms with E-state index in [9.17, 15) is 0 Å². The molecule has 0 bridgehead atoms. The summed E-state index contributed by atoms with van der Waals surface area (Å²) < 4.78 is 0. The summed E-state index contributed by atoms with van der Waals surface area (Å²) in [6.45, 7) is 6.79. The maximum absolute atomic E-state index is 2.30. The van der Waals surface area contributed by atoms with E-state index in [1.54, 1.807) is 0 Å². The fraction of sp³-hybridized carbons (Fsp3) is 0.294. The van der Waals surface area contributed by atoms with Gasteiger partial charge >= 0.3 is 0 Å². The average molecular weight is 224 g/mol. The van der Waals surface area contributed by atoms with Gasteiger partial charge in [-0.05, 0) is 29.5 Å². The predicted octanol–water partition coefficient (Wildman–Crippen LogP) is 4.78. The van der Waals surface area contributed by atoms with E-state index in [4.69, 9.17) is 0 Å². The van der Waals surface area contributed by atoms with Crippen LogP contribution in [0.3, 0.4) is 0 Å². The topological polar surface area (TPSA) is 0 Å². The van der Waals surface area contributed by atoms with Gasteiger partial charge in [-0.3, -0.25) is 0 Å². The van der Waals surface area contributed by atoms with Gasteiger partial charge in [-0.1, -0.05) is 68.4 Å². The van der Waals surface area contributed by atoms with Gasteiger partial charge in [0.25, 0.3) is 0 Å². The molecule has 0 spiro atoms. The van der Waals surface area contributed by atoms with Crippen molar-refractivity contribution in [2.45, 2.75) is 26.7 Å². The minimum absolute atomic E-state index is 0.498. The second-order valence-electron chi connectivity index (χ2n) is 4.99. The first-order chi connectivity index (χ1) is 8.20. The Morgan fingerprint density at radius 1 is 0.765 bits per heavy atom. The zero-order chi connectivity index (χ0) is 12.3. The molecule has 0 N–H and O–H groups in total. The van der Waals surface area contributed by atoms with Gasteiger partial charge in [0.05, 0.1) is 0 Å². The van der Waals surface area contributed by atoms with Crippen LogP contribution in [0.4, 0.5) is 0 Å². The van der Waals surface area contributed by atoms with Gasteiger partial charge in [0.1, 0.15) is 0 Å². The summed E-state index contributed by atoms with van der Waals surface area (Å²) in [6, 6.07) is 19.5. The van der Waals surface area contributed by atoms with Crippen LogP contribution in [0.2, 0.25) is 0 Å². The van der Waals surface area contributed by atoms with Gasteiger partial charge in [0, 0.05) is 5.92 Å². The van der Waals surface area contributed by atoms with Crippen molar-refractivity contribution in [2.75, 3.05) is 0 Å². The highest BCUT2D eigenvalue weighted by molar-refractivity contribution is 5.37. The maximum Gasteiger partial charge on any atom is 0.0115 e. The number of hydrogen-bond donors (Lipinski definition) is 0. The van der Waals surface area contributed by atoms with E-state index >= 15 is 0 Å². The fourth-order valence-electron chi connectivity index (χ4n) is 2.52. The van der Waals surface area contributed by atoms with Crippen molar-refractivity contribution >= 4 is 0 Å². The Morgan fingerprint density at radius 3 is 1.94 bits per heavy atom. The molecule has 0 nitrogen and oxygen atoms in total. The summed E-state index contributed by atoms with van der Waals surface area (Å²) in [5, 5.41) is 0. The second kappa shape index (κ2) is 5.18. The highest BCUT2D eigenvalue weighted by atomic mass is 14.2. The third-order valence-corrected chi connectivity index (χ3v) is 3.35. The van der Waals surface area contributed by atoms with Crippen LogP contribution in [0.15, 0.2) is 54.6 Å². The van der Waals surface area contributed by atoms with Crippen molar-refractivity contribution in [3.8, 4) is 0 Å².